The molecule has 1 saturated heterocycles. The van der Waals surface area contributed by atoms with E-state index in [0.717, 1.165) is 32.5 Å². The summed E-state index contributed by atoms with van der Waals surface area (Å²) in [5.41, 5.74) is 0.333. The molecule has 1 aromatic rings. The molecule has 1 amide bonds. The summed E-state index contributed by atoms with van der Waals surface area (Å²) in [5.74, 6) is 1.03. The molecule has 3 rings (SSSR count). The largest absolute Gasteiger partial charge is 0.491 e. The van der Waals surface area contributed by atoms with Crippen LogP contribution in [0.2, 0.25) is 5.02 Å². The Labute approximate surface area is 176 Å². The molecule has 2 atom stereocenters. The smallest absolute Gasteiger partial charge is 0.255 e. The van der Waals surface area contributed by atoms with Crippen molar-refractivity contribution in [1.29, 1.82) is 0 Å². The van der Waals surface area contributed by atoms with E-state index in [1.807, 2.05) is 0 Å². The number of methoxy groups -OCH3 is 2. The van der Waals surface area contributed by atoms with E-state index in [9.17, 15) is 4.79 Å². The number of benzene rings is 1. The number of carbonyl (C=O) groups excluding carboxylic acids is 1. The number of nitrogens with zero attached hydrogens (tertiary/aromatic N) is 1. The maximum absolute atomic E-state index is 12.9. The van der Waals surface area contributed by atoms with Gasteiger partial charge in [-0.05, 0) is 25.5 Å². The first-order chi connectivity index (χ1) is 14.1. The van der Waals surface area contributed by atoms with Crippen LogP contribution in [-0.4, -0.2) is 82.2 Å². The van der Waals surface area contributed by atoms with Gasteiger partial charge in [-0.1, -0.05) is 11.6 Å². The van der Waals surface area contributed by atoms with Crippen LogP contribution in [0.5, 0.6) is 17.2 Å². The van der Waals surface area contributed by atoms with Gasteiger partial charge in [-0.3, -0.25) is 4.79 Å². The topological polar surface area (TPSA) is 89.5 Å². The van der Waals surface area contributed by atoms with Crippen molar-refractivity contribution in [3.05, 3.63) is 16.7 Å². The molecular weight excluding hydrogens is 400 g/mol. The number of rotatable bonds is 8. The van der Waals surface area contributed by atoms with Gasteiger partial charge in [0.1, 0.15) is 13.2 Å². The highest BCUT2D eigenvalue weighted by atomic mass is 35.5. The van der Waals surface area contributed by atoms with Crippen molar-refractivity contribution in [2.24, 2.45) is 5.92 Å². The van der Waals surface area contributed by atoms with E-state index in [-0.39, 0.29) is 24.5 Å². The maximum atomic E-state index is 12.9. The maximum Gasteiger partial charge on any atom is 0.255 e. The summed E-state index contributed by atoms with van der Waals surface area (Å²) in [4.78, 5) is 15.2. The predicted octanol–water partition coefficient (Wildman–Crippen LogP) is 1.57. The van der Waals surface area contributed by atoms with E-state index in [0.29, 0.717) is 47.6 Å². The molecule has 0 radical (unpaired) electrons. The number of aliphatic hydroxyl groups is 1. The zero-order valence-electron chi connectivity index (χ0n) is 16.9. The van der Waals surface area contributed by atoms with E-state index in [1.165, 1.54) is 7.11 Å². The number of hydrogen-bond acceptors (Lipinski definition) is 7. The van der Waals surface area contributed by atoms with Gasteiger partial charge >= 0.3 is 0 Å². The summed E-state index contributed by atoms with van der Waals surface area (Å²) in [5, 5.41) is 12.3. The first-order valence-electron chi connectivity index (χ1n) is 9.89. The minimum absolute atomic E-state index is 0.0238. The first-order valence-corrected chi connectivity index (χ1v) is 10.3. The van der Waals surface area contributed by atoms with Crippen LogP contribution in [0, 0.1) is 5.92 Å². The number of piperidine rings is 1. The third-order valence-electron chi connectivity index (χ3n) is 5.41. The van der Waals surface area contributed by atoms with Crippen molar-refractivity contribution in [2.45, 2.75) is 18.9 Å². The van der Waals surface area contributed by atoms with Gasteiger partial charge in [-0.2, -0.15) is 0 Å². The molecule has 9 heteroatoms. The Morgan fingerprint density at radius 3 is 2.79 bits per heavy atom. The summed E-state index contributed by atoms with van der Waals surface area (Å²) in [6.07, 6.45) is 1.69. The Kier molecular flexibility index (Phi) is 7.83. The summed E-state index contributed by atoms with van der Waals surface area (Å²) in [6, 6.07) is 1.55. The second kappa shape index (κ2) is 10.3. The highest BCUT2D eigenvalue weighted by Gasteiger charge is 2.31. The van der Waals surface area contributed by atoms with Gasteiger partial charge in [0.15, 0.2) is 11.5 Å². The molecule has 0 spiro atoms. The van der Waals surface area contributed by atoms with E-state index < -0.39 is 0 Å². The van der Waals surface area contributed by atoms with E-state index in [4.69, 9.17) is 35.7 Å². The van der Waals surface area contributed by atoms with Crippen LogP contribution in [0.15, 0.2) is 6.07 Å². The molecule has 0 saturated carbocycles. The lowest BCUT2D eigenvalue weighted by molar-refractivity contribution is -0.0116. The number of likely N-dealkylation sites (tertiary alicyclic amines) is 1. The Hall–Kier alpha value is -1.74. The van der Waals surface area contributed by atoms with Gasteiger partial charge in [-0.25, -0.2) is 0 Å². The van der Waals surface area contributed by atoms with Gasteiger partial charge in [0.2, 0.25) is 5.75 Å². The van der Waals surface area contributed by atoms with E-state index >= 15 is 0 Å². The number of aliphatic hydroxyl groups excluding tert-OH is 1. The van der Waals surface area contributed by atoms with Gasteiger partial charge in [0, 0.05) is 39.3 Å². The van der Waals surface area contributed by atoms with Gasteiger partial charge in [0.25, 0.3) is 5.91 Å². The van der Waals surface area contributed by atoms with Crippen molar-refractivity contribution < 1.29 is 28.8 Å². The number of amides is 1. The highest BCUT2D eigenvalue weighted by Crippen LogP contribution is 2.46. The summed E-state index contributed by atoms with van der Waals surface area (Å²) >= 11 is 6.28. The average molecular weight is 429 g/mol. The van der Waals surface area contributed by atoms with Gasteiger partial charge in [0.05, 0.1) is 23.8 Å². The average Bonchev–Trinajstić information content (AvgIpc) is 2.75. The zero-order chi connectivity index (χ0) is 20.8. The second-order valence-corrected chi connectivity index (χ2v) is 7.61. The lowest BCUT2D eigenvalue weighted by atomic mass is 9.93. The monoisotopic (exact) mass is 428 g/mol. The van der Waals surface area contributed by atoms with Crippen LogP contribution in [0.3, 0.4) is 0 Å². The molecule has 2 N–H and O–H groups in total. The molecular formula is C20H29ClN2O6. The van der Waals surface area contributed by atoms with Crippen molar-refractivity contribution in [1.82, 2.24) is 10.2 Å². The molecule has 2 heterocycles. The second-order valence-electron chi connectivity index (χ2n) is 7.21. The summed E-state index contributed by atoms with van der Waals surface area (Å²) < 4.78 is 22.3. The van der Waals surface area contributed by atoms with Crippen molar-refractivity contribution in [3.8, 4) is 17.2 Å². The van der Waals surface area contributed by atoms with Crippen molar-refractivity contribution in [3.63, 3.8) is 0 Å². The third kappa shape index (κ3) is 5.06. The number of nitrogens with one attached hydrogen (secondary N) is 1. The number of fused-ring (bicyclic) bond motifs is 1. The molecule has 0 aromatic heterocycles. The molecule has 2 aliphatic heterocycles. The van der Waals surface area contributed by atoms with Gasteiger partial charge < -0.3 is 34.3 Å². The minimum Gasteiger partial charge on any atom is -0.491 e. The van der Waals surface area contributed by atoms with Crippen molar-refractivity contribution >= 4 is 17.5 Å². The number of hydrogen-bond donors (Lipinski definition) is 2. The van der Waals surface area contributed by atoms with Crippen LogP contribution in [0.25, 0.3) is 0 Å². The summed E-state index contributed by atoms with van der Waals surface area (Å²) in [6.45, 7) is 3.96. The van der Waals surface area contributed by atoms with Gasteiger partial charge in [-0.15, -0.1) is 0 Å². The Morgan fingerprint density at radius 1 is 1.34 bits per heavy atom. The van der Waals surface area contributed by atoms with E-state index in [1.54, 1.807) is 13.2 Å². The zero-order valence-corrected chi connectivity index (χ0v) is 17.7. The first kappa shape index (κ1) is 22.0. The molecule has 162 valence electrons. The lowest BCUT2D eigenvalue weighted by Gasteiger charge is -2.37. The number of carbonyl (C=O) groups is 1. The Balaban J connectivity index is 1.66. The van der Waals surface area contributed by atoms with Crippen LogP contribution in [0.4, 0.5) is 0 Å². The fourth-order valence-electron chi connectivity index (χ4n) is 3.86. The summed E-state index contributed by atoms with van der Waals surface area (Å²) in [7, 11) is 3.19. The van der Waals surface area contributed by atoms with Crippen LogP contribution < -0.4 is 19.5 Å². The predicted molar refractivity (Wildman–Crippen MR) is 108 cm³/mol. The molecule has 0 bridgehead atoms. The van der Waals surface area contributed by atoms with Crippen molar-refractivity contribution in [2.75, 3.05) is 60.2 Å². The molecule has 0 aliphatic carbocycles. The molecule has 8 nitrogen and oxygen atoms in total. The molecule has 29 heavy (non-hydrogen) atoms. The van der Waals surface area contributed by atoms with Crippen LogP contribution >= 0.6 is 11.6 Å². The number of halogens is 1. The number of ether oxygens (including phenoxy) is 4. The molecule has 1 aromatic carbocycles. The molecule has 1 fully saturated rings. The minimum atomic E-state index is -0.270. The lowest BCUT2D eigenvalue weighted by Crippen LogP contribution is -2.48. The molecule has 0 unspecified atom stereocenters. The van der Waals surface area contributed by atoms with E-state index in [2.05, 4.69) is 10.2 Å². The Bertz CT molecular complexity index is 717. The highest BCUT2D eigenvalue weighted by molar-refractivity contribution is 6.33. The fourth-order valence-corrected chi connectivity index (χ4v) is 4.13. The van der Waals surface area contributed by atoms with Crippen LogP contribution in [0.1, 0.15) is 23.2 Å². The normalized spacial score (nSPS) is 21.7. The molecule has 2 aliphatic rings. The third-order valence-corrected chi connectivity index (χ3v) is 5.69. The Morgan fingerprint density at radius 2 is 2.10 bits per heavy atom. The SMILES string of the molecule is COc1c(Cl)cc(C(=O)NC[C@@H]2CCN(CCCO)C[C@H]2OC)c2c1OCCO2. The van der Waals surface area contributed by atoms with Crippen LogP contribution in [-0.2, 0) is 4.74 Å². The standard InChI is InChI=1S/C20H29ClN2O6/c1-26-16-12-23(5-3-7-24)6-4-13(16)11-22-20(25)14-10-15(21)18(27-2)19-17(14)28-8-9-29-19/h10,13,16,24H,3-9,11-12H2,1-2H3,(H,22,25)/t13-,16+/m0/s1. The fraction of sp³-hybridized carbons (Fsp3) is 0.650. The quantitative estimate of drug-likeness (QED) is 0.649.